The largest absolute Gasteiger partial charge is 0.501 e. The SMILES string of the molecule is CCCO[Si](CC(CS)CS)(OCCC)OCCC. The maximum Gasteiger partial charge on any atom is 0.501 e. The van der Waals surface area contributed by atoms with E-state index in [-0.39, 0.29) is 0 Å². The third-order valence-corrected chi connectivity index (χ3v) is 6.68. The topological polar surface area (TPSA) is 27.7 Å². The Morgan fingerprint density at radius 1 is 0.789 bits per heavy atom. The molecule has 0 aliphatic heterocycles. The van der Waals surface area contributed by atoms with E-state index in [4.69, 9.17) is 13.3 Å². The van der Waals surface area contributed by atoms with Gasteiger partial charge in [-0.05, 0) is 36.7 Å². The smallest absolute Gasteiger partial charge is 0.373 e. The van der Waals surface area contributed by atoms with Crippen LogP contribution in [0.3, 0.4) is 0 Å². The summed E-state index contributed by atoms with van der Waals surface area (Å²) in [4.78, 5) is 0. The molecule has 0 unspecified atom stereocenters. The molecule has 0 N–H and O–H groups in total. The van der Waals surface area contributed by atoms with Gasteiger partial charge in [0.05, 0.1) is 0 Å². The molecule has 0 aromatic heterocycles. The van der Waals surface area contributed by atoms with Crippen LogP contribution in [0.25, 0.3) is 0 Å². The van der Waals surface area contributed by atoms with E-state index in [1.165, 1.54) is 0 Å². The maximum absolute atomic E-state index is 6.04. The van der Waals surface area contributed by atoms with Crippen LogP contribution in [-0.4, -0.2) is 40.1 Å². The van der Waals surface area contributed by atoms with Gasteiger partial charge in [0.15, 0.2) is 0 Å². The van der Waals surface area contributed by atoms with Crippen molar-refractivity contribution in [3.05, 3.63) is 0 Å². The molecule has 0 atom stereocenters. The monoisotopic (exact) mass is 326 g/mol. The molecular weight excluding hydrogens is 296 g/mol. The molecule has 0 saturated heterocycles. The van der Waals surface area contributed by atoms with Crippen molar-refractivity contribution in [3.63, 3.8) is 0 Å². The highest BCUT2D eigenvalue weighted by Crippen LogP contribution is 2.24. The summed E-state index contributed by atoms with van der Waals surface area (Å²) in [6.45, 7) is 8.41. The second-order valence-electron chi connectivity index (χ2n) is 4.66. The van der Waals surface area contributed by atoms with Gasteiger partial charge >= 0.3 is 8.80 Å². The van der Waals surface area contributed by atoms with E-state index in [0.29, 0.717) is 25.7 Å². The summed E-state index contributed by atoms with van der Waals surface area (Å²) in [6, 6.07) is 0.819. The zero-order valence-corrected chi connectivity index (χ0v) is 15.3. The molecule has 0 saturated carbocycles. The van der Waals surface area contributed by atoms with Crippen molar-refractivity contribution in [2.75, 3.05) is 31.3 Å². The van der Waals surface area contributed by atoms with E-state index < -0.39 is 8.80 Å². The molecule has 0 amide bonds. The van der Waals surface area contributed by atoms with Crippen molar-refractivity contribution in [1.29, 1.82) is 0 Å². The highest BCUT2D eigenvalue weighted by atomic mass is 32.1. The highest BCUT2D eigenvalue weighted by molar-refractivity contribution is 7.81. The van der Waals surface area contributed by atoms with Crippen LogP contribution < -0.4 is 0 Å². The minimum Gasteiger partial charge on any atom is -0.373 e. The molecule has 0 aromatic carbocycles. The molecule has 0 spiro atoms. The molecule has 3 nitrogen and oxygen atoms in total. The Kier molecular flexibility index (Phi) is 13.1. The summed E-state index contributed by atoms with van der Waals surface area (Å²) in [6.07, 6.45) is 2.93. The fourth-order valence-electron chi connectivity index (χ4n) is 1.61. The van der Waals surface area contributed by atoms with Crippen molar-refractivity contribution in [2.45, 2.75) is 46.1 Å². The molecule has 0 aliphatic rings. The molecule has 0 fully saturated rings. The van der Waals surface area contributed by atoms with Crippen LogP contribution in [0.4, 0.5) is 0 Å². The Morgan fingerprint density at radius 3 is 1.42 bits per heavy atom. The summed E-state index contributed by atoms with van der Waals surface area (Å²) < 4.78 is 18.1. The van der Waals surface area contributed by atoms with E-state index >= 15 is 0 Å². The molecule has 0 aliphatic carbocycles. The fourth-order valence-corrected chi connectivity index (χ4v) is 5.97. The van der Waals surface area contributed by atoms with Gasteiger partial charge in [-0.25, -0.2) is 0 Å². The standard InChI is InChI=1S/C13H30O3S2Si/c1-4-7-14-19(15-8-5-2,16-9-6-3)12-13(10-17)11-18/h13,17-18H,4-12H2,1-3H3. The Morgan fingerprint density at radius 2 is 1.16 bits per heavy atom. The summed E-state index contributed by atoms with van der Waals surface area (Å²) in [7, 11) is -2.56. The lowest BCUT2D eigenvalue weighted by Crippen LogP contribution is -2.48. The van der Waals surface area contributed by atoms with Crippen LogP contribution in [0.2, 0.25) is 6.04 Å². The quantitative estimate of drug-likeness (QED) is 0.399. The normalized spacial score (nSPS) is 12.3. The van der Waals surface area contributed by atoms with Crippen LogP contribution in [0, 0.1) is 5.92 Å². The minimum atomic E-state index is -2.56. The molecule has 0 heterocycles. The first-order valence-corrected chi connectivity index (χ1v) is 10.5. The maximum atomic E-state index is 6.04. The van der Waals surface area contributed by atoms with Crippen molar-refractivity contribution < 1.29 is 13.3 Å². The zero-order chi connectivity index (χ0) is 14.6. The lowest BCUT2D eigenvalue weighted by Gasteiger charge is -2.32. The van der Waals surface area contributed by atoms with Gasteiger partial charge in [0, 0.05) is 25.9 Å². The molecule has 19 heavy (non-hydrogen) atoms. The number of thiol groups is 2. The van der Waals surface area contributed by atoms with Gasteiger partial charge < -0.3 is 13.3 Å². The summed E-state index contributed by atoms with van der Waals surface area (Å²) in [5, 5.41) is 0. The van der Waals surface area contributed by atoms with Gasteiger partial charge in [0.25, 0.3) is 0 Å². The minimum absolute atomic E-state index is 0.379. The van der Waals surface area contributed by atoms with Crippen LogP contribution in [0.15, 0.2) is 0 Å². The van der Waals surface area contributed by atoms with E-state index in [1.54, 1.807) is 0 Å². The highest BCUT2D eigenvalue weighted by Gasteiger charge is 2.42. The first kappa shape index (κ1) is 19.8. The summed E-state index contributed by atoms with van der Waals surface area (Å²) in [5.74, 6) is 1.96. The van der Waals surface area contributed by atoms with Crippen molar-refractivity contribution >= 4 is 34.1 Å². The van der Waals surface area contributed by atoms with E-state index in [1.807, 2.05) is 0 Å². The van der Waals surface area contributed by atoms with Crippen LogP contribution in [-0.2, 0) is 13.3 Å². The van der Waals surface area contributed by atoms with E-state index in [0.717, 1.165) is 36.8 Å². The van der Waals surface area contributed by atoms with Crippen molar-refractivity contribution in [1.82, 2.24) is 0 Å². The Bertz CT molecular complexity index is 183. The van der Waals surface area contributed by atoms with Gasteiger partial charge in [0.1, 0.15) is 0 Å². The molecule has 0 rings (SSSR count). The number of hydrogen-bond acceptors (Lipinski definition) is 5. The first-order valence-electron chi connectivity index (χ1n) is 7.31. The second-order valence-corrected chi connectivity index (χ2v) is 8.03. The van der Waals surface area contributed by atoms with Gasteiger partial charge in [-0.15, -0.1) is 0 Å². The third-order valence-electron chi connectivity index (χ3n) is 2.63. The fraction of sp³-hybridized carbons (Fsp3) is 1.00. The number of rotatable bonds is 13. The molecule has 0 radical (unpaired) electrons. The number of hydrogen-bond donors (Lipinski definition) is 2. The predicted octanol–water partition coefficient (Wildman–Crippen LogP) is 3.68. The predicted molar refractivity (Wildman–Crippen MR) is 90.5 cm³/mol. The molecule has 0 bridgehead atoms. The zero-order valence-electron chi connectivity index (χ0n) is 12.6. The van der Waals surface area contributed by atoms with Gasteiger partial charge in [-0.3, -0.25) is 0 Å². The van der Waals surface area contributed by atoms with Gasteiger partial charge in [-0.2, -0.15) is 25.3 Å². The summed E-state index contributed by atoms with van der Waals surface area (Å²) >= 11 is 8.77. The van der Waals surface area contributed by atoms with Crippen LogP contribution in [0.1, 0.15) is 40.0 Å². The van der Waals surface area contributed by atoms with Crippen LogP contribution in [0.5, 0.6) is 0 Å². The molecule has 6 heteroatoms. The Balaban J connectivity index is 4.74. The second kappa shape index (κ2) is 12.5. The molecular formula is C13H30O3S2Si. The van der Waals surface area contributed by atoms with Gasteiger partial charge in [-0.1, -0.05) is 20.8 Å². The average Bonchev–Trinajstić information content (AvgIpc) is 2.45. The molecule has 116 valence electrons. The lowest BCUT2D eigenvalue weighted by molar-refractivity contribution is 0.0567. The third kappa shape index (κ3) is 8.62. The van der Waals surface area contributed by atoms with E-state index in [2.05, 4.69) is 46.0 Å². The van der Waals surface area contributed by atoms with Crippen molar-refractivity contribution in [3.8, 4) is 0 Å². The average molecular weight is 327 g/mol. The van der Waals surface area contributed by atoms with Gasteiger partial charge in [0.2, 0.25) is 0 Å². The Labute approximate surface area is 131 Å². The van der Waals surface area contributed by atoms with Crippen molar-refractivity contribution in [2.24, 2.45) is 5.92 Å². The lowest BCUT2D eigenvalue weighted by atomic mass is 10.3. The Hall–Kier alpha value is 0.797. The summed E-state index contributed by atoms with van der Waals surface area (Å²) in [5.41, 5.74) is 0. The molecule has 0 aromatic rings. The van der Waals surface area contributed by atoms with E-state index in [9.17, 15) is 0 Å². The van der Waals surface area contributed by atoms with Crippen LogP contribution >= 0.6 is 25.3 Å². The first-order chi connectivity index (χ1) is 9.17.